The average Bonchev–Trinajstić information content (AvgIpc) is 2.14. The summed E-state index contributed by atoms with van der Waals surface area (Å²) in [5.41, 5.74) is 0. The summed E-state index contributed by atoms with van der Waals surface area (Å²) in [7, 11) is 0. The maximum absolute atomic E-state index is 11.4. The molecule has 0 aliphatic heterocycles. The second kappa shape index (κ2) is 7.50. The van der Waals surface area contributed by atoms with Crippen molar-refractivity contribution < 1.29 is 14.3 Å². The molecule has 0 aromatic carbocycles. The third-order valence-electron chi connectivity index (χ3n) is 1.54. The van der Waals surface area contributed by atoms with Gasteiger partial charge in [-0.1, -0.05) is 6.08 Å². The number of ether oxygens (including phenoxy) is 2. The molecule has 0 fully saturated rings. The molecule has 0 aliphatic rings. The Kier molecular flexibility index (Phi) is 7.02. The lowest BCUT2D eigenvalue weighted by Gasteiger charge is -2.14. The zero-order valence-electron chi connectivity index (χ0n) is 8.62. The molecule has 0 N–H and O–H groups in total. The van der Waals surface area contributed by atoms with Crippen LogP contribution in [-0.2, 0) is 14.3 Å². The molecule has 0 amide bonds. The third kappa shape index (κ3) is 4.37. The summed E-state index contributed by atoms with van der Waals surface area (Å²) in [6.07, 6.45) is 2.09. The van der Waals surface area contributed by atoms with E-state index in [2.05, 4.69) is 6.58 Å². The molecule has 3 nitrogen and oxygen atoms in total. The van der Waals surface area contributed by atoms with Crippen LogP contribution < -0.4 is 0 Å². The molecular weight excluding hydrogens is 200 g/mol. The van der Waals surface area contributed by atoms with Crippen LogP contribution in [0.4, 0.5) is 0 Å². The van der Waals surface area contributed by atoms with E-state index in [0.29, 0.717) is 19.6 Å². The highest BCUT2D eigenvalue weighted by molar-refractivity contribution is 7.80. The van der Waals surface area contributed by atoms with Gasteiger partial charge >= 0.3 is 5.97 Å². The Hall–Kier alpha value is -0.900. The molecule has 0 aromatic rings. The predicted octanol–water partition coefficient (Wildman–Crippen LogP) is 2.11. The van der Waals surface area contributed by atoms with Crippen molar-refractivity contribution >= 4 is 23.2 Å². The molecule has 14 heavy (non-hydrogen) atoms. The van der Waals surface area contributed by atoms with Gasteiger partial charge in [0.05, 0.1) is 13.2 Å². The van der Waals surface area contributed by atoms with Gasteiger partial charge in [0.15, 0.2) is 5.05 Å². The average molecular weight is 216 g/mol. The highest BCUT2D eigenvalue weighted by Crippen LogP contribution is 2.10. The van der Waals surface area contributed by atoms with Crippen molar-refractivity contribution in [2.75, 3.05) is 13.2 Å². The number of hydrogen-bond donors (Lipinski definition) is 0. The van der Waals surface area contributed by atoms with Crippen molar-refractivity contribution in [2.24, 2.45) is 5.92 Å². The maximum Gasteiger partial charge on any atom is 0.317 e. The van der Waals surface area contributed by atoms with Gasteiger partial charge in [-0.05, 0) is 32.5 Å². The highest BCUT2D eigenvalue weighted by atomic mass is 32.1. The van der Waals surface area contributed by atoms with Crippen LogP contribution in [0.3, 0.4) is 0 Å². The van der Waals surface area contributed by atoms with E-state index < -0.39 is 5.92 Å². The van der Waals surface area contributed by atoms with Gasteiger partial charge in [-0.15, -0.1) is 6.58 Å². The Bertz CT molecular complexity index is 195. The lowest BCUT2D eigenvalue weighted by molar-refractivity contribution is -0.145. The van der Waals surface area contributed by atoms with E-state index in [4.69, 9.17) is 21.7 Å². The number of allylic oxidation sites excluding steroid dienone is 1. The monoisotopic (exact) mass is 216 g/mol. The van der Waals surface area contributed by atoms with Crippen LogP contribution in [0.1, 0.15) is 20.3 Å². The zero-order valence-corrected chi connectivity index (χ0v) is 9.43. The molecule has 4 heteroatoms. The lowest BCUT2D eigenvalue weighted by atomic mass is 10.1. The second-order valence-electron chi connectivity index (χ2n) is 2.58. The number of rotatable bonds is 6. The molecule has 0 saturated carbocycles. The van der Waals surface area contributed by atoms with E-state index in [1.54, 1.807) is 13.0 Å². The SMILES string of the molecule is C=CCC(C(=O)OCC)C(=S)OCC. The first kappa shape index (κ1) is 13.1. The summed E-state index contributed by atoms with van der Waals surface area (Å²) in [6, 6.07) is 0. The van der Waals surface area contributed by atoms with Crippen LogP contribution in [-0.4, -0.2) is 24.2 Å². The van der Waals surface area contributed by atoms with E-state index in [0.717, 1.165) is 0 Å². The first-order chi connectivity index (χ1) is 6.67. The molecule has 0 radical (unpaired) electrons. The van der Waals surface area contributed by atoms with Crippen molar-refractivity contribution in [1.82, 2.24) is 0 Å². The highest BCUT2D eigenvalue weighted by Gasteiger charge is 2.24. The Labute approximate surface area is 90.1 Å². The first-order valence-electron chi connectivity index (χ1n) is 4.61. The van der Waals surface area contributed by atoms with E-state index >= 15 is 0 Å². The molecule has 0 spiro atoms. The summed E-state index contributed by atoms with van der Waals surface area (Å²) in [6.45, 7) is 7.95. The molecule has 0 bridgehead atoms. The summed E-state index contributed by atoms with van der Waals surface area (Å²) in [4.78, 5) is 11.4. The normalized spacial score (nSPS) is 11.6. The number of hydrogen-bond acceptors (Lipinski definition) is 4. The first-order valence-corrected chi connectivity index (χ1v) is 5.02. The smallest absolute Gasteiger partial charge is 0.317 e. The van der Waals surface area contributed by atoms with Gasteiger partial charge in [0, 0.05) is 0 Å². The van der Waals surface area contributed by atoms with E-state index in [1.807, 2.05) is 6.92 Å². The molecule has 1 unspecified atom stereocenters. The van der Waals surface area contributed by atoms with Gasteiger partial charge in [-0.2, -0.15) is 0 Å². The maximum atomic E-state index is 11.4. The van der Waals surface area contributed by atoms with Crippen LogP contribution in [0.5, 0.6) is 0 Å². The van der Waals surface area contributed by atoms with Crippen LogP contribution in [0.25, 0.3) is 0 Å². The molecule has 1 atom stereocenters. The molecule has 0 rings (SSSR count). The summed E-state index contributed by atoms with van der Waals surface area (Å²) in [5, 5.41) is 0.283. The minimum Gasteiger partial charge on any atom is -0.486 e. The molecule has 0 heterocycles. The summed E-state index contributed by atoms with van der Waals surface area (Å²) < 4.78 is 9.98. The molecule has 0 saturated heterocycles. The fourth-order valence-electron chi connectivity index (χ4n) is 0.941. The lowest BCUT2D eigenvalue weighted by Crippen LogP contribution is -2.26. The van der Waals surface area contributed by atoms with E-state index in [1.165, 1.54) is 0 Å². The summed E-state index contributed by atoms with van der Waals surface area (Å²) >= 11 is 4.96. The number of carbonyl (C=O) groups excluding carboxylic acids is 1. The van der Waals surface area contributed by atoms with Gasteiger partial charge in [-0.25, -0.2) is 0 Å². The van der Waals surface area contributed by atoms with Gasteiger partial charge in [0.2, 0.25) is 0 Å². The Morgan fingerprint density at radius 1 is 1.43 bits per heavy atom. The third-order valence-corrected chi connectivity index (χ3v) is 1.95. The standard InChI is InChI=1S/C10H16O3S/c1-4-7-8(9(11)12-5-2)10(14)13-6-3/h4,8H,1,5-7H2,2-3H3. The Morgan fingerprint density at radius 2 is 2.00 bits per heavy atom. The number of thiocarbonyl (C=S) groups is 1. The fraction of sp³-hybridized carbons (Fsp3) is 0.600. The van der Waals surface area contributed by atoms with Crippen LogP contribution in [0.15, 0.2) is 12.7 Å². The van der Waals surface area contributed by atoms with E-state index in [-0.39, 0.29) is 11.0 Å². The predicted molar refractivity (Wildman–Crippen MR) is 59.2 cm³/mol. The minimum atomic E-state index is -0.498. The largest absolute Gasteiger partial charge is 0.486 e. The topological polar surface area (TPSA) is 35.5 Å². The van der Waals surface area contributed by atoms with Gasteiger partial charge < -0.3 is 9.47 Å². The van der Waals surface area contributed by atoms with Gasteiger partial charge in [0.25, 0.3) is 0 Å². The minimum absolute atomic E-state index is 0.283. The van der Waals surface area contributed by atoms with Crippen LogP contribution >= 0.6 is 12.2 Å². The Balaban J connectivity index is 4.33. The number of esters is 1. The van der Waals surface area contributed by atoms with Crippen molar-refractivity contribution in [3.8, 4) is 0 Å². The van der Waals surface area contributed by atoms with Gasteiger partial charge in [-0.3, -0.25) is 4.79 Å². The van der Waals surface area contributed by atoms with Crippen LogP contribution in [0.2, 0.25) is 0 Å². The number of carbonyl (C=O) groups is 1. The van der Waals surface area contributed by atoms with E-state index in [9.17, 15) is 4.79 Å². The molecule has 0 aromatic heterocycles. The van der Waals surface area contributed by atoms with Crippen molar-refractivity contribution in [3.05, 3.63) is 12.7 Å². The summed E-state index contributed by atoms with van der Waals surface area (Å²) in [5.74, 6) is -0.840. The Morgan fingerprint density at radius 3 is 2.43 bits per heavy atom. The van der Waals surface area contributed by atoms with Crippen molar-refractivity contribution in [2.45, 2.75) is 20.3 Å². The van der Waals surface area contributed by atoms with Crippen molar-refractivity contribution in [3.63, 3.8) is 0 Å². The molecule has 0 aliphatic carbocycles. The van der Waals surface area contributed by atoms with Gasteiger partial charge in [0.1, 0.15) is 5.92 Å². The fourth-order valence-corrected chi connectivity index (χ4v) is 1.25. The van der Waals surface area contributed by atoms with Crippen molar-refractivity contribution in [1.29, 1.82) is 0 Å². The molecular formula is C10H16O3S. The zero-order chi connectivity index (χ0) is 11.0. The second-order valence-corrected chi connectivity index (χ2v) is 2.98. The van der Waals surface area contributed by atoms with Crippen LogP contribution in [0, 0.1) is 5.92 Å². The molecule has 80 valence electrons. The quantitative estimate of drug-likeness (QED) is 0.387.